The van der Waals surface area contributed by atoms with Crippen LogP contribution in [0.4, 0.5) is 0 Å². The van der Waals surface area contributed by atoms with Gasteiger partial charge in [-0.1, -0.05) is 23.7 Å². The molecular formula is C15H15ClN2O2. The van der Waals surface area contributed by atoms with Gasteiger partial charge in [0.15, 0.2) is 0 Å². The smallest absolute Gasteiger partial charge is 0.253 e. The number of hydrogen-bond donors (Lipinski definition) is 2. The van der Waals surface area contributed by atoms with E-state index < -0.39 is 0 Å². The number of carbonyl (C=O) groups excluding carboxylic acids is 1. The summed E-state index contributed by atoms with van der Waals surface area (Å²) in [6, 6.07) is 10.4. The molecule has 0 saturated heterocycles. The fourth-order valence-electron chi connectivity index (χ4n) is 1.74. The number of nitrogens with one attached hydrogen (secondary N) is 1. The monoisotopic (exact) mass is 290 g/mol. The Morgan fingerprint density at radius 1 is 1.40 bits per heavy atom. The minimum absolute atomic E-state index is 0.122. The lowest BCUT2D eigenvalue weighted by molar-refractivity contribution is 0.0922. The fourth-order valence-corrected chi connectivity index (χ4v) is 1.94. The minimum Gasteiger partial charge on any atom is -0.394 e. The van der Waals surface area contributed by atoms with Crippen molar-refractivity contribution in [2.75, 3.05) is 6.61 Å². The van der Waals surface area contributed by atoms with Gasteiger partial charge in [-0.3, -0.25) is 9.78 Å². The van der Waals surface area contributed by atoms with Crippen LogP contribution in [0.2, 0.25) is 5.02 Å². The van der Waals surface area contributed by atoms with Crippen molar-refractivity contribution in [3.8, 4) is 11.3 Å². The lowest BCUT2D eigenvalue weighted by Crippen LogP contribution is -2.35. The van der Waals surface area contributed by atoms with E-state index in [1.165, 1.54) is 0 Å². The quantitative estimate of drug-likeness (QED) is 0.909. The van der Waals surface area contributed by atoms with Crippen LogP contribution in [0.1, 0.15) is 17.3 Å². The average molecular weight is 291 g/mol. The summed E-state index contributed by atoms with van der Waals surface area (Å²) in [5, 5.41) is 12.0. The lowest BCUT2D eigenvalue weighted by atomic mass is 10.1. The van der Waals surface area contributed by atoms with Gasteiger partial charge in [0.1, 0.15) is 0 Å². The molecule has 4 nitrogen and oxygen atoms in total. The van der Waals surface area contributed by atoms with Gasteiger partial charge >= 0.3 is 0 Å². The highest BCUT2D eigenvalue weighted by Gasteiger charge is 2.14. The molecule has 0 radical (unpaired) electrons. The van der Waals surface area contributed by atoms with Crippen molar-refractivity contribution in [1.29, 1.82) is 0 Å². The van der Waals surface area contributed by atoms with Crippen molar-refractivity contribution in [3.63, 3.8) is 0 Å². The molecule has 0 bridgehead atoms. The second-order valence-corrected chi connectivity index (χ2v) is 4.87. The van der Waals surface area contributed by atoms with Gasteiger partial charge < -0.3 is 10.4 Å². The second-order valence-electron chi connectivity index (χ2n) is 4.47. The molecule has 2 rings (SSSR count). The van der Waals surface area contributed by atoms with Crippen LogP contribution in [0.25, 0.3) is 11.3 Å². The molecule has 1 amide bonds. The summed E-state index contributed by atoms with van der Waals surface area (Å²) in [5.41, 5.74) is 1.96. The molecule has 2 N–H and O–H groups in total. The van der Waals surface area contributed by atoms with Crippen molar-refractivity contribution >= 4 is 17.5 Å². The van der Waals surface area contributed by atoms with Crippen LogP contribution < -0.4 is 5.32 Å². The Morgan fingerprint density at radius 3 is 2.85 bits per heavy atom. The molecule has 0 aliphatic heterocycles. The summed E-state index contributed by atoms with van der Waals surface area (Å²) in [6.45, 7) is 1.59. The molecule has 20 heavy (non-hydrogen) atoms. The SMILES string of the molecule is CC(CO)NC(=O)c1cc(-c2ccccn2)ccc1Cl. The third-order valence-corrected chi connectivity index (χ3v) is 3.15. The predicted molar refractivity (Wildman–Crippen MR) is 78.7 cm³/mol. The number of halogens is 1. The molecular weight excluding hydrogens is 276 g/mol. The molecule has 1 heterocycles. The zero-order chi connectivity index (χ0) is 14.5. The number of amides is 1. The predicted octanol–water partition coefficient (Wildman–Crippen LogP) is 2.51. The van der Waals surface area contributed by atoms with E-state index in [-0.39, 0.29) is 18.6 Å². The number of aliphatic hydroxyl groups excluding tert-OH is 1. The number of hydrogen-bond acceptors (Lipinski definition) is 3. The molecule has 1 aromatic heterocycles. The highest BCUT2D eigenvalue weighted by Crippen LogP contribution is 2.23. The van der Waals surface area contributed by atoms with Gasteiger partial charge in [0, 0.05) is 17.8 Å². The first-order valence-corrected chi connectivity index (χ1v) is 6.62. The van der Waals surface area contributed by atoms with Gasteiger partial charge in [0.05, 0.1) is 22.9 Å². The topological polar surface area (TPSA) is 62.2 Å². The summed E-state index contributed by atoms with van der Waals surface area (Å²) < 4.78 is 0. The van der Waals surface area contributed by atoms with E-state index in [0.717, 1.165) is 11.3 Å². The first kappa shape index (κ1) is 14.5. The van der Waals surface area contributed by atoms with Gasteiger partial charge in [0.2, 0.25) is 0 Å². The summed E-state index contributed by atoms with van der Waals surface area (Å²) >= 11 is 6.06. The third kappa shape index (κ3) is 3.35. The molecule has 0 fully saturated rings. The Hall–Kier alpha value is -1.91. The van der Waals surface area contributed by atoms with Crippen molar-refractivity contribution in [3.05, 3.63) is 53.2 Å². The minimum atomic E-state index is -0.322. The maximum Gasteiger partial charge on any atom is 0.253 e. The molecule has 0 spiro atoms. The number of aliphatic hydroxyl groups is 1. The maximum atomic E-state index is 12.1. The van der Waals surface area contributed by atoms with Crippen LogP contribution in [0, 0.1) is 0 Å². The van der Waals surface area contributed by atoms with Crippen LogP contribution in [-0.2, 0) is 0 Å². The Labute approximate surface area is 122 Å². The Bertz CT molecular complexity index is 602. The van der Waals surface area contributed by atoms with Gasteiger partial charge in [-0.25, -0.2) is 0 Å². The van der Waals surface area contributed by atoms with Crippen LogP contribution in [-0.4, -0.2) is 28.6 Å². The molecule has 2 aromatic rings. The van der Waals surface area contributed by atoms with Crippen molar-refractivity contribution < 1.29 is 9.90 Å². The highest BCUT2D eigenvalue weighted by molar-refractivity contribution is 6.34. The molecule has 0 saturated carbocycles. The summed E-state index contributed by atoms with van der Waals surface area (Å²) in [6.07, 6.45) is 1.69. The lowest BCUT2D eigenvalue weighted by Gasteiger charge is -2.12. The van der Waals surface area contributed by atoms with E-state index >= 15 is 0 Å². The number of nitrogens with zero attached hydrogens (tertiary/aromatic N) is 1. The number of benzene rings is 1. The van der Waals surface area contributed by atoms with Gasteiger partial charge in [-0.15, -0.1) is 0 Å². The van der Waals surface area contributed by atoms with Crippen LogP contribution in [0.5, 0.6) is 0 Å². The molecule has 5 heteroatoms. The average Bonchev–Trinajstić information content (AvgIpc) is 2.48. The molecule has 1 unspecified atom stereocenters. The van der Waals surface area contributed by atoms with Gasteiger partial charge in [-0.2, -0.15) is 0 Å². The standard InChI is InChI=1S/C15H15ClN2O2/c1-10(9-19)18-15(20)12-8-11(5-6-13(12)16)14-4-2-3-7-17-14/h2-8,10,19H,9H2,1H3,(H,18,20). The number of rotatable bonds is 4. The molecule has 104 valence electrons. The zero-order valence-electron chi connectivity index (χ0n) is 11.0. The van der Waals surface area contributed by atoms with E-state index in [4.69, 9.17) is 16.7 Å². The fraction of sp³-hybridized carbons (Fsp3) is 0.200. The first-order valence-electron chi connectivity index (χ1n) is 6.24. The normalized spacial score (nSPS) is 11.9. The Balaban J connectivity index is 2.32. The van der Waals surface area contributed by atoms with Gasteiger partial charge in [0.25, 0.3) is 5.91 Å². The van der Waals surface area contributed by atoms with E-state index in [0.29, 0.717) is 10.6 Å². The van der Waals surface area contributed by atoms with E-state index in [9.17, 15) is 4.79 Å². The van der Waals surface area contributed by atoms with Crippen molar-refractivity contribution in [2.24, 2.45) is 0 Å². The molecule has 0 aliphatic carbocycles. The Morgan fingerprint density at radius 2 is 2.20 bits per heavy atom. The number of carbonyl (C=O) groups is 1. The van der Waals surface area contributed by atoms with Crippen molar-refractivity contribution in [1.82, 2.24) is 10.3 Å². The van der Waals surface area contributed by atoms with Crippen LogP contribution in [0.15, 0.2) is 42.6 Å². The van der Waals surface area contributed by atoms with Crippen LogP contribution >= 0.6 is 11.6 Å². The maximum absolute atomic E-state index is 12.1. The molecule has 0 aliphatic rings. The highest BCUT2D eigenvalue weighted by atomic mass is 35.5. The van der Waals surface area contributed by atoms with Crippen molar-refractivity contribution in [2.45, 2.75) is 13.0 Å². The van der Waals surface area contributed by atoms with Gasteiger partial charge in [-0.05, 0) is 31.2 Å². The molecule has 1 aromatic carbocycles. The van der Waals surface area contributed by atoms with Crippen LogP contribution in [0.3, 0.4) is 0 Å². The van der Waals surface area contributed by atoms with E-state index in [1.54, 1.807) is 25.3 Å². The number of aromatic nitrogens is 1. The second kappa shape index (κ2) is 6.50. The summed E-state index contributed by atoms with van der Waals surface area (Å²) in [5.74, 6) is -0.311. The molecule has 1 atom stereocenters. The first-order chi connectivity index (χ1) is 9.61. The Kier molecular flexibility index (Phi) is 4.71. The summed E-state index contributed by atoms with van der Waals surface area (Å²) in [7, 11) is 0. The largest absolute Gasteiger partial charge is 0.394 e. The third-order valence-electron chi connectivity index (χ3n) is 2.82. The van der Waals surface area contributed by atoms with E-state index in [2.05, 4.69) is 10.3 Å². The summed E-state index contributed by atoms with van der Waals surface area (Å²) in [4.78, 5) is 16.3. The number of pyridine rings is 1. The zero-order valence-corrected chi connectivity index (χ0v) is 11.8. The van der Waals surface area contributed by atoms with E-state index in [1.807, 2.05) is 24.3 Å².